The van der Waals surface area contributed by atoms with Crippen molar-refractivity contribution in [1.82, 2.24) is 4.90 Å². The first-order chi connectivity index (χ1) is 8.05. The summed E-state index contributed by atoms with van der Waals surface area (Å²) >= 11 is 0. The van der Waals surface area contributed by atoms with Gasteiger partial charge in [0.15, 0.2) is 5.96 Å². The molecule has 0 aliphatic carbocycles. The highest BCUT2D eigenvalue weighted by atomic mass is 127. The molecule has 0 amide bonds. The van der Waals surface area contributed by atoms with Crippen LogP contribution in [-0.4, -0.2) is 44.2 Å². The first-order valence-corrected chi connectivity index (χ1v) is 6.59. The fraction of sp³-hybridized carbons (Fsp3) is 0.923. The molecule has 5 heteroatoms. The number of methoxy groups -OCH3 is 1. The van der Waals surface area contributed by atoms with Crippen molar-refractivity contribution in [3.63, 3.8) is 0 Å². The molecule has 0 bridgehead atoms. The van der Waals surface area contributed by atoms with Crippen LogP contribution in [-0.2, 0) is 4.74 Å². The molecule has 18 heavy (non-hydrogen) atoms. The van der Waals surface area contributed by atoms with Gasteiger partial charge in [-0.25, -0.2) is 0 Å². The fourth-order valence-electron chi connectivity index (χ4n) is 1.98. The Balaban J connectivity index is 0.00000289. The number of piperidine rings is 1. The Hall–Kier alpha value is -0.0400. The van der Waals surface area contributed by atoms with Gasteiger partial charge in [-0.15, -0.1) is 24.0 Å². The third-order valence-electron chi connectivity index (χ3n) is 3.33. The number of nitrogens with zero attached hydrogens (tertiary/aromatic N) is 2. The van der Waals surface area contributed by atoms with Crippen LogP contribution in [0, 0.1) is 5.41 Å². The molecule has 0 aromatic carbocycles. The van der Waals surface area contributed by atoms with E-state index in [1.54, 1.807) is 7.11 Å². The summed E-state index contributed by atoms with van der Waals surface area (Å²) in [4.78, 5) is 6.74. The van der Waals surface area contributed by atoms with Crippen LogP contribution in [0.5, 0.6) is 0 Å². The highest BCUT2D eigenvalue weighted by Gasteiger charge is 2.18. The topological polar surface area (TPSA) is 50.9 Å². The second-order valence-electron chi connectivity index (χ2n) is 5.63. The van der Waals surface area contributed by atoms with E-state index in [0.29, 0.717) is 0 Å². The van der Waals surface area contributed by atoms with Crippen molar-refractivity contribution in [1.29, 1.82) is 0 Å². The number of likely N-dealkylation sites (tertiary alicyclic amines) is 1. The van der Waals surface area contributed by atoms with Gasteiger partial charge in [0.05, 0.1) is 0 Å². The second kappa shape index (κ2) is 8.96. The summed E-state index contributed by atoms with van der Waals surface area (Å²) in [5.41, 5.74) is 6.19. The smallest absolute Gasteiger partial charge is 0.191 e. The van der Waals surface area contributed by atoms with Gasteiger partial charge in [-0.05, 0) is 31.1 Å². The molecule has 0 spiro atoms. The molecule has 2 N–H and O–H groups in total. The molecule has 0 aromatic rings. The van der Waals surface area contributed by atoms with Gasteiger partial charge in [-0.3, -0.25) is 4.99 Å². The maximum Gasteiger partial charge on any atom is 0.191 e. The Bertz CT molecular complexity index is 251. The van der Waals surface area contributed by atoms with Gasteiger partial charge in [0, 0.05) is 33.4 Å². The summed E-state index contributed by atoms with van der Waals surface area (Å²) in [6, 6.07) is 0. The fourth-order valence-corrected chi connectivity index (χ4v) is 1.98. The summed E-state index contributed by atoms with van der Waals surface area (Å²) in [6.45, 7) is 8.10. The minimum absolute atomic E-state index is 0. The normalized spacial score (nSPS) is 17.5. The van der Waals surface area contributed by atoms with E-state index in [1.807, 2.05) is 0 Å². The van der Waals surface area contributed by atoms with Crippen molar-refractivity contribution in [3.8, 4) is 0 Å². The van der Waals surface area contributed by atoms with Crippen molar-refractivity contribution in [3.05, 3.63) is 0 Å². The van der Waals surface area contributed by atoms with Crippen molar-refractivity contribution in [2.45, 2.75) is 39.5 Å². The predicted octanol–water partition coefficient (Wildman–Crippen LogP) is 2.47. The lowest BCUT2D eigenvalue weighted by molar-refractivity contribution is 0.155. The molecule has 1 aliphatic rings. The standard InChI is InChI=1S/C13H27N3O.HI/c1-13(2,7-10-17-3)11-15-12(14)16-8-5-4-6-9-16;/h4-11H2,1-3H3,(H2,14,15);1H. The van der Waals surface area contributed by atoms with E-state index in [4.69, 9.17) is 10.5 Å². The minimum Gasteiger partial charge on any atom is -0.385 e. The van der Waals surface area contributed by atoms with Gasteiger partial charge in [0.25, 0.3) is 0 Å². The van der Waals surface area contributed by atoms with Gasteiger partial charge in [0.2, 0.25) is 0 Å². The number of rotatable bonds is 5. The molecule has 108 valence electrons. The maximum absolute atomic E-state index is 6.03. The van der Waals surface area contributed by atoms with E-state index in [1.165, 1.54) is 19.3 Å². The Morgan fingerprint density at radius 1 is 1.28 bits per heavy atom. The van der Waals surface area contributed by atoms with Crippen LogP contribution < -0.4 is 5.73 Å². The Kier molecular flexibility index (Phi) is 8.94. The number of halogens is 1. The number of guanidine groups is 1. The average Bonchev–Trinajstić information content (AvgIpc) is 2.35. The van der Waals surface area contributed by atoms with Crippen molar-refractivity contribution in [2.75, 3.05) is 33.4 Å². The Labute approximate surface area is 128 Å². The summed E-state index contributed by atoms with van der Waals surface area (Å²) in [5, 5.41) is 0. The van der Waals surface area contributed by atoms with Crippen LogP contribution in [0.15, 0.2) is 4.99 Å². The Morgan fingerprint density at radius 3 is 2.44 bits per heavy atom. The van der Waals surface area contributed by atoms with Gasteiger partial charge >= 0.3 is 0 Å². The molecule has 1 saturated heterocycles. The van der Waals surface area contributed by atoms with Crippen LogP contribution in [0.4, 0.5) is 0 Å². The number of ether oxygens (including phenoxy) is 1. The molecule has 0 radical (unpaired) electrons. The third-order valence-corrected chi connectivity index (χ3v) is 3.33. The molecule has 4 nitrogen and oxygen atoms in total. The predicted molar refractivity (Wildman–Crippen MR) is 87.6 cm³/mol. The van der Waals surface area contributed by atoms with E-state index in [2.05, 4.69) is 23.7 Å². The monoisotopic (exact) mass is 369 g/mol. The van der Waals surface area contributed by atoms with Crippen molar-refractivity contribution < 1.29 is 4.74 Å². The molecule has 0 unspecified atom stereocenters. The Morgan fingerprint density at radius 2 is 1.89 bits per heavy atom. The molecule has 1 rings (SSSR count). The van der Waals surface area contributed by atoms with Gasteiger partial charge in [-0.2, -0.15) is 0 Å². The third kappa shape index (κ3) is 6.78. The molecule has 1 fully saturated rings. The maximum atomic E-state index is 6.03. The molecule has 1 heterocycles. The lowest BCUT2D eigenvalue weighted by atomic mass is 9.90. The molecular weight excluding hydrogens is 341 g/mol. The highest BCUT2D eigenvalue weighted by molar-refractivity contribution is 14.0. The lowest BCUT2D eigenvalue weighted by Gasteiger charge is -2.29. The zero-order valence-corrected chi connectivity index (χ0v) is 14.3. The number of hydrogen-bond donors (Lipinski definition) is 1. The quantitative estimate of drug-likeness (QED) is 0.460. The zero-order valence-electron chi connectivity index (χ0n) is 11.9. The first-order valence-electron chi connectivity index (χ1n) is 6.59. The lowest BCUT2D eigenvalue weighted by Crippen LogP contribution is -2.41. The van der Waals surface area contributed by atoms with Crippen LogP contribution in [0.3, 0.4) is 0 Å². The summed E-state index contributed by atoms with van der Waals surface area (Å²) in [7, 11) is 1.74. The van der Waals surface area contributed by atoms with Crippen LogP contribution in [0.25, 0.3) is 0 Å². The van der Waals surface area contributed by atoms with E-state index >= 15 is 0 Å². The summed E-state index contributed by atoms with van der Waals surface area (Å²) < 4.78 is 5.11. The van der Waals surface area contributed by atoms with Gasteiger partial charge < -0.3 is 15.4 Å². The van der Waals surface area contributed by atoms with Crippen molar-refractivity contribution >= 4 is 29.9 Å². The van der Waals surface area contributed by atoms with E-state index < -0.39 is 0 Å². The highest BCUT2D eigenvalue weighted by Crippen LogP contribution is 2.20. The second-order valence-corrected chi connectivity index (χ2v) is 5.63. The molecule has 0 atom stereocenters. The molecule has 0 aromatic heterocycles. The number of nitrogens with two attached hydrogens (primary N) is 1. The average molecular weight is 369 g/mol. The minimum atomic E-state index is 0. The molecule has 1 aliphatic heterocycles. The van der Waals surface area contributed by atoms with Gasteiger partial charge in [-0.1, -0.05) is 13.8 Å². The number of aliphatic imine (C=N–C) groups is 1. The van der Waals surface area contributed by atoms with E-state index in [9.17, 15) is 0 Å². The summed E-state index contributed by atoms with van der Waals surface area (Å²) in [6.07, 6.45) is 4.82. The number of hydrogen-bond acceptors (Lipinski definition) is 2. The zero-order chi connectivity index (χ0) is 12.7. The molecule has 0 saturated carbocycles. The van der Waals surface area contributed by atoms with E-state index in [0.717, 1.165) is 38.6 Å². The summed E-state index contributed by atoms with van der Waals surface area (Å²) in [5.74, 6) is 0.718. The van der Waals surface area contributed by atoms with Crippen LogP contribution in [0.1, 0.15) is 39.5 Å². The molecular formula is C13H28IN3O. The van der Waals surface area contributed by atoms with Crippen LogP contribution >= 0.6 is 24.0 Å². The van der Waals surface area contributed by atoms with Gasteiger partial charge in [0.1, 0.15) is 0 Å². The van der Waals surface area contributed by atoms with E-state index in [-0.39, 0.29) is 29.4 Å². The van der Waals surface area contributed by atoms with Crippen LogP contribution in [0.2, 0.25) is 0 Å². The largest absolute Gasteiger partial charge is 0.385 e. The van der Waals surface area contributed by atoms with Crippen molar-refractivity contribution in [2.24, 2.45) is 16.1 Å². The SMILES string of the molecule is COCCC(C)(C)CN=C(N)N1CCCCC1.I. The first kappa shape index (κ1) is 18.0.